The zero-order valence-corrected chi connectivity index (χ0v) is 11.2. The van der Waals surface area contributed by atoms with Crippen molar-refractivity contribution in [2.75, 3.05) is 0 Å². The fourth-order valence-corrected chi connectivity index (χ4v) is 1.69. The third kappa shape index (κ3) is 2.90. The minimum atomic E-state index is -0.360. The maximum Gasteiger partial charge on any atom is 0.170 e. The number of aromatic nitrogens is 3. The van der Waals surface area contributed by atoms with Crippen molar-refractivity contribution in [3.8, 4) is 5.75 Å². The monoisotopic (exact) mass is 264 g/mol. The van der Waals surface area contributed by atoms with Crippen molar-refractivity contribution in [3.63, 3.8) is 0 Å². The molecule has 2 aromatic rings. The lowest BCUT2D eigenvalue weighted by atomic mass is 10.1. The molecule has 0 amide bonds. The van der Waals surface area contributed by atoms with E-state index in [2.05, 4.69) is 10.2 Å². The van der Waals surface area contributed by atoms with E-state index in [4.69, 9.17) is 10.5 Å². The Labute approximate surface area is 111 Å². The van der Waals surface area contributed by atoms with Crippen LogP contribution in [0.3, 0.4) is 0 Å². The fourth-order valence-electron chi connectivity index (χ4n) is 1.69. The molecule has 19 heavy (non-hydrogen) atoms. The first-order valence-electron chi connectivity index (χ1n) is 6.01. The normalized spacial score (nSPS) is 12.5. The lowest BCUT2D eigenvalue weighted by Crippen LogP contribution is -2.08. The summed E-state index contributed by atoms with van der Waals surface area (Å²) in [6, 6.07) is 4.33. The maximum absolute atomic E-state index is 13.7. The summed E-state index contributed by atoms with van der Waals surface area (Å²) in [6.07, 6.45) is 0. The molecule has 0 aliphatic carbocycles. The first-order chi connectivity index (χ1) is 8.99. The third-order valence-corrected chi connectivity index (χ3v) is 3.01. The first-order valence-corrected chi connectivity index (χ1v) is 6.01. The number of hydrogen-bond acceptors (Lipinski definition) is 4. The molecule has 0 unspecified atom stereocenters. The second-order valence-electron chi connectivity index (χ2n) is 4.48. The maximum atomic E-state index is 13.7. The molecular weight excluding hydrogens is 247 g/mol. The van der Waals surface area contributed by atoms with Gasteiger partial charge in [-0.3, -0.25) is 0 Å². The summed E-state index contributed by atoms with van der Waals surface area (Å²) in [7, 11) is 1.85. The number of nitrogens with zero attached hydrogens (tertiary/aromatic N) is 3. The van der Waals surface area contributed by atoms with Gasteiger partial charge in [-0.2, -0.15) is 0 Å². The highest BCUT2D eigenvalue weighted by atomic mass is 19.1. The molecule has 2 N–H and O–H groups in total. The van der Waals surface area contributed by atoms with E-state index < -0.39 is 0 Å². The van der Waals surface area contributed by atoms with Crippen LogP contribution in [-0.2, 0) is 13.7 Å². The van der Waals surface area contributed by atoms with Gasteiger partial charge in [-0.15, -0.1) is 10.2 Å². The predicted molar refractivity (Wildman–Crippen MR) is 69.1 cm³/mol. The smallest absolute Gasteiger partial charge is 0.170 e. The van der Waals surface area contributed by atoms with Crippen LogP contribution in [0.25, 0.3) is 0 Å². The van der Waals surface area contributed by atoms with Gasteiger partial charge >= 0.3 is 0 Å². The summed E-state index contributed by atoms with van der Waals surface area (Å²) in [6.45, 7) is 3.84. The molecule has 0 aliphatic heterocycles. The quantitative estimate of drug-likeness (QED) is 0.915. The Morgan fingerprint density at radius 2 is 2.16 bits per heavy atom. The van der Waals surface area contributed by atoms with Crippen LogP contribution in [0.5, 0.6) is 5.75 Å². The van der Waals surface area contributed by atoms with E-state index in [0.717, 1.165) is 5.82 Å². The van der Waals surface area contributed by atoms with Gasteiger partial charge in [0.15, 0.2) is 5.82 Å². The number of rotatable bonds is 4. The van der Waals surface area contributed by atoms with Crippen molar-refractivity contribution >= 4 is 0 Å². The van der Waals surface area contributed by atoms with Gasteiger partial charge in [0, 0.05) is 24.7 Å². The first kappa shape index (κ1) is 13.5. The second kappa shape index (κ2) is 5.36. The van der Waals surface area contributed by atoms with Gasteiger partial charge in [-0.25, -0.2) is 4.39 Å². The summed E-state index contributed by atoms with van der Waals surface area (Å²) in [5.41, 5.74) is 6.12. The molecule has 2 rings (SSSR count). The summed E-state index contributed by atoms with van der Waals surface area (Å²) in [5, 5.41) is 7.90. The molecule has 0 saturated carbocycles. The van der Waals surface area contributed by atoms with E-state index in [0.29, 0.717) is 17.1 Å². The number of aryl methyl sites for hydroxylation is 1. The van der Waals surface area contributed by atoms with Crippen LogP contribution in [0.15, 0.2) is 18.2 Å². The molecule has 0 radical (unpaired) electrons. The van der Waals surface area contributed by atoms with Crippen molar-refractivity contribution in [2.24, 2.45) is 12.8 Å². The molecule has 0 aliphatic rings. The Morgan fingerprint density at radius 3 is 2.68 bits per heavy atom. The van der Waals surface area contributed by atoms with E-state index in [1.165, 1.54) is 6.07 Å². The van der Waals surface area contributed by atoms with E-state index in [1.54, 1.807) is 19.1 Å². The minimum Gasteiger partial charge on any atom is -0.486 e. The Hall–Kier alpha value is -1.95. The Balaban J connectivity index is 2.08. The van der Waals surface area contributed by atoms with E-state index >= 15 is 0 Å². The molecule has 102 valence electrons. The Kier molecular flexibility index (Phi) is 3.80. The van der Waals surface area contributed by atoms with Crippen molar-refractivity contribution < 1.29 is 9.13 Å². The number of ether oxygens (including phenoxy) is 1. The highest BCUT2D eigenvalue weighted by Gasteiger charge is 2.09. The Morgan fingerprint density at radius 1 is 1.42 bits per heavy atom. The third-order valence-electron chi connectivity index (χ3n) is 3.01. The predicted octanol–water partition coefficient (Wildman–Crippen LogP) is 1.86. The van der Waals surface area contributed by atoms with Crippen LogP contribution in [0.4, 0.5) is 4.39 Å². The van der Waals surface area contributed by atoms with Crippen molar-refractivity contribution in [1.29, 1.82) is 0 Å². The van der Waals surface area contributed by atoms with Crippen LogP contribution in [0, 0.1) is 12.7 Å². The lowest BCUT2D eigenvalue weighted by Gasteiger charge is -2.10. The van der Waals surface area contributed by atoms with Gasteiger partial charge in [0.1, 0.15) is 24.0 Å². The number of halogens is 1. The molecule has 6 heteroatoms. The molecular formula is C13H17FN4O. The molecule has 5 nitrogen and oxygen atoms in total. The van der Waals surface area contributed by atoms with Gasteiger partial charge in [-0.1, -0.05) is 6.07 Å². The molecule has 1 atom stereocenters. The molecule has 0 spiro atoms. The number of benzene rings is 1. The SMILES string of the molecule is Cc1nnc(COc2ccc([C@@H](C)N)c(F)c2)n1C. The molecule has 0 bridgehead atoms. The largest absolute Gasteiger partial charge is 0.486 e. The average Bonchev–Trinajstić information content (AvgIpc) is 2.67. The number of hydrogen-bond donors (Lipinski definition) is 1. The summed E-state index contributed by atoms with van der Waals surface area (Å²) in [4.78, 5) is 0. The fraction of sp³-hybridized carbons (Fsp3) is 0.385. The average molecular weight is 264 g/mol. The molecule has 0 saturated heterocycles. The van der Waals surface area contributed by atoms with Crippen molar-refractivity contribution in [2.45, 2.75) is 26.5 Å². The van der Waals surface area contributed by atoms with E-state index in [9.17, 15) is 4.39 Å². The van der Waals surface area contributed by atoms with E-state index in [1.807, 2.05) is 18.5 Å². The van der Waals surface area contributed by atoms with Crippen molar-refractivity contribution in [3.05, 3.63) is 41.2 Å². The number of nitrogens with two attached hydrogens (primary N) is 1. The zero-order chi connectivity index (χ0) is 14.0. The zero-order valence-electron chi connectivity index (χ0n) is 11.2. The highest BCUT2D eigenvalue weighted by molar-refractivity contribution is 5.30. The van der Waals surface area contributed by atoms with Crippen LogP contribution in [-0.4, -0.2) is 14.8 Å². The van der Waals surface area contributed by atoms with Gasteiger partial charge in [0.05, 0.1) is 0 Å². The van der Waals surface area contributed by atoms with Gasteiger partial charge in [0.25, 0.3) is 0 Å². The van der Waals surface area contributed by atoms with Crippen molar-refractivity contribution in [1.82, 2.24) is 14.8 Å². The van der Waals surface area contributed by atoms with Crippen LogP contribution in [0.1, 0.15) is 30.2 Å². The molecule has 1 heterocycles. The highest BCUT2D eigenvalue weighted by Crippen LogP contribution is 2.21. The lowest BCUT2D eigenvalue weighted by molar-refractivity contribution is 0.289. The molecule has 1 aromatic carbocycles. The summed E-state index contributed by atoms with van der Waals surface area (Å²) >= 11 is 0. The van der Waals surface area contributed by atoms with Crippen LogP contribution < -0.4 is 10.5 Å². The van der Waals surface area contributed by atoms with Gasteiger partial charge in [0.2, 0.25) is 0 Å². The minimum absolute atomic E-state index is 0.244. The topological polar surface area (TPSA) is 66.0 Å². The van der Waals surface area contributed by atoms with Gasteiger partial charge < -0.3 is 15.0 Å². The van der Waals surface area contributed by atoms with Crippen LogP contribution in [0.2, 0.25) is 0 Å². The summed E-state index contributed by atoms with van der Waals surface area (Å²) < 4.78 is 21.0. The standard InChI is InChI=1S/C13H17FN4O/c1-8(15)11-5-4-10(6-12(11)14)19-7-13-17-16-9(2)18(13)3/h4-6,8H,7,15H2,1-3H3/t8-/m1/s1. The van der Waals surface area contributed by atoms with Gasteiger partial charge in [-0.05, 0) is 19.9 Å². The Bertz CT molecular complexity index is 580. The van der Waals surface area contributed by atoms with Crippen LogP contribution >= 0.6 is 0 Å². The molecule has 0 fully saturated rings. The van der Waals surface area contributed by atoms with E-state index in [-0.39, 0.29) is 18.5 Å². The molecule has 1 aromatic heterocycles. The second-order valence-corrected chi connectivity index (χ2v) is 4.48. The summed E-state index contributed by atoms with van der Waals surface area (Å²) in [5.74, 6) is 1.58.